The molecule has 0 aromatic rings. The van der Waals surface area contributed by atoms with Crippen LogP contribution in [0.1, 0.15) is 47.5 Å². The Balaban J connectivity index is 4.98. The SMILES string of the molecule is CCC[C@@H](OC(C)=O)[C@H](C)[C@@H](N=[N+]=[N-])[C@H](C)COC(C)=O. The molecule has 0 N–H and O–H groups in total. The van der Waals surface area contributed by atoms with Crippen LogP contribution in [0.2, 0.25) is 0 Å². The molecule has 0 spiro atoms. The van der Waals surface area contributed by atoms with Crippen molar-refractivity contribution in [3.05, 3.63) is 10.4 Å². The van der Waals surface area contributed by atoms with Crippen LogP contribution >= 0.6 is 0 Å². The number of ether oxygens (including phenoxy) is 2. The van der Waals surface area contributed by atoms with E-state index < -0.39 is 6.04 Å². The van der Waals surface area contributed by atoms with E-state index in [1.54, 1.807) is 0 Å². The van der Waals surface area contributed by atoms with Gasteiger partial charge in [-0.3, -0.25) is 9.59 Å². The first-order valence-corrected chi connectivity index (χ1v) is 7.18. The Hall–Kier alpha value is -1.75. The van der Waals surface area contributed by atoms with E-state index in [-0.39, 0.29) is 36.5 Å². The van der Waals surface area contributed by atoms with Crippen LogP contribution in [0.25, 0.3) is 10.4 Å². The minimum Gasteiger partial charge on any atom is -0.466 e. The number of rotatable bonds is 9. The maximum atomic E-state index is 11.2. The minimum atomic E-state index is -0.412. The lowest BCUT2D eigenvalue weighted by Gasteiger charge is -2.31. The van der Waals surface area contributed by atoms with Gasteiger partial charge in [0.1, 0.15) is 6.10 Å². The monoisotopic (exact) mass is 299 g/mol. The fourth-order valence-corrected chi connectivity index (χ4v) is 2.29. The average Bonchev–Trinajstić information content (AvgIpc) is 2.40. The molecule has 0 aliphatic rings. The number of azide groups is 1. The van der Waals surface area contributed by atoms with Crippen molar-refractivity contribution in [1.29, 1.82) is 0 Å². The number of carbonyl (C=O) groups is 2. The van der Waals surface area contributed by atoms with Crippen molar-refractivity contribution in [2.24, 2.45) is 17.0 Å². The molecule has 0 aromatic carbocycles. The highest BCUT2D eigenvalue weighted by molar-refractivity contribution is 5.66. The van der Waals surface area contributed by atoms with Gasteiger partial charge < -0.3 is 9.47 Å². The Morgan fingerprint density at radius 3 is 2.29 bits per heavy atom. The van der Waals surface area contributed by atoms with Gasteiger partial charge in [-0.15, -0.1) is 0 Å². The standard InChI is InChI=1S/C14H25N3O4/c1-6-7-13(21-12(5)19)10(3)14(16-17-15)9(2)8-20-11(4)18/h9-10,13-14H,6-8H2,1-5H3/t9-,10+,13-,14+/m1/s1. The molecule has 0 unspecified atom stereocenters. The Bertz CT molecular complexity index is 394. The lowest BCUT2D eigenvalue weighted by atomic mass is 9.86. The summed E-state index contributed by atoms with van der Waals surface area (Å²) >= 11 is 0. The van der Waals surface area contributed by atoms with E-state index in [9.17, 15) is 9.59 Å². The van der Waals surface area contributed by atoms with E-state index in [2.05, 4.69) is 10.0 Å². The summed E-state index contributed by atoms with van der Waals surface area (Å²) in [5.41, 5.74) is 8.75. The van der Waals surface area contributed by atoms with Gasteiger partial charge in [-0.25, -0.2) is 0 Å². The number of esters is 2. The van der Waals surface area contributed by atoms with Gasteiger partial charge in [-0.2, -0.15) is 0 Å². The summed E-state index contributed by atoms with van der Waals surface area (Å²) in [6.45, 7) is 8.58. The number of hydrogen-bond donors (Lipinski definition) is 0. The predicted molar refractivity (Wildman–Crippen MR) is 78.4 cm³/mol. The van der Waals surface area contributed by atoms with Crippen LogP contribution in [-0.2, 0) is 19.1 Å². The van der Waals surface area contributed by atoms with Crippen molar-refractivity contribution in [3.63, 3.8) is 0 Å². The molecule has 0 saturated carbocycles. The van der Waals surface area contributed by atoms with Crippen LogP contribution in [0.4, 0.5) is 0 Å². The van der Waals surface area contributed by atoms with Crippen molar-refractivity contribution in [3.8, 4) is 0 Å². The van der Waals surface area contributed by atoms with Crippen LogP contribution in [0, 0.1) is 11.8 Å². The maximum Gasteiger partial charge on any atom is 0.302 e. The second kappa shape index (κ2) is 10.0. The summed E-state index contributed by atoms with van der Waals surface area (Å²) in [6, 6.07) is -0.412. The Kier molecular flexibility index (Phi) is 9.21. The van der Waals surface area contributed by atoms with Crippen LogP contribution in [-0.4, -0.2) is 30.7 Å². The minimum absolute atomic E-state index is 0.157. The van der Waals surface area contributed by atoms with Crippen molar-refractivity contribution in [1.82, 2.24) is 0 Å². The van der Waals surface area contributed by atoms with Crippen molar-refractivity contribution in [2.75, 3.05) is 6.61 Å². The smallest absolute Gasteiger partial charge is 0.302 e. The van der Waals surface area contributed by atoms with Gasteiger partial charge in [0.25, 0.3) is 0 Å². The summed E-state index contributed by atoms with van der Waals surface area (Å²) in [6.07, 6.45) is 1.23. The molecule has 0 fully saturated rings. The normalized spacial score (nSPS) is 16.0. The van der Waals surface area contributed by atoms with Crippen LogP contribution in [0.15, 0.2) is 5.11 Å². The number of hydrogen-bond acceptors (Lipinski definition) is 5. The average molecular weight is 299 g/mol. The molecule has 0 aromatic heterocycles. The molecule has 4 atom stereocenters. The molecule has 0 heterocycles. The van der Waals surface area contributed by atoms with Crippen LogP contribution < -0.4 is 0 Å². The second-order valence-electron chi connectivity index (χ2n) is 5.27. The van der Waals surface area contributed by atoms with E-state index in [0.717, 1.165) is 6.42 Å². The fourth-order valence-electron chi connectivity index (χ4n) is 2.29. The summed E-state index contributed by atoms with van der Waals surface area (Å²) in [4.78, 5) is 25.0. The summed E-state index contributed by atoms with van der Waals surface area (Å²) in [7, 11) is 0. The molecule has 0 amide bonds. The lowest BCUT2D eigenvalue weighted by Crippen LogP contribution is -2.37. The van der Waals surface area contributed by atoms with Crippen molar-refractivity contribution in [2.45, 2.75) is 59.6 Å². The third-order valence-electron chi connectivity index (χ3n) is 3.33. The summed E-state index contributed by atoms with van der Waals surface area (Å²) < 4.78 is 10.3. The van der Waals surface area contributed by atoms with Crippen molar-refractivity contribution >= 4 is 11.9 Å². The molecule has 7 heteroatoms. The first-order valence-electron chi connectivity index (χ1n) is 7.18. The molecule has 0 aliphatic carbocycles. The summed E-state index contributed by atoms with van der Waals surface area (Å²) in [5.74, 6) is -1.04. The van der Waals surface area contributed by atoms with Gasteiger partial charge in [0, 0.05) is 30.7 Å². The van der Waals surface area contributed by atoms with Gasteiger partial charge in [-0.05, 0) is 17.9 Å². The van der Waals surface area contributed by atoms with Crippen molar-refractivity contribution < 1.29 is 19.1 Å². The zero-order valence-electron chi connectivity index (χ0n) is 13.4. The van der Waals surface area contributed by atoms with Gasteiger partial charge in [0.05, 0.1) is 6.61 Å². The largest absolute Gasteiger partial charge is 0.466 e. The zero-order valence-corrected chi connectivity index (χ0v) is 13.4. The molecule has 21 heavy (non-hydrogen) atoms. The Morgan fingerprint density at radius 2 is 1.86 bits per heavy atom. The zero-order chi connectivity index (χ0) is 16.4. The van der Waals surface area contributed by atoms with Crippen LogP contribution in [0.5, 0.6) is 0 Å². The highest BCUT2D eigenvalue weighted by Crippen LogP contribution is 2.25. The summed E-state index contributed by atoms with van der Waals surface area (Å²) in [5, 5.41) is 3.81. The molecule has 0 bridgehead atoms. The molecule has 120 valence electrons. The number of nitrogens with zero attached hydrogens (tertiary/aromatic N) is 3. The molecule has 7 nitrogen and oxygen atoms in total. The van der Waals surface area contributed by atoms with E-state index >= 15 is 0 Å². The molecular weight excluding hydrogens is 274 g/mol. The first kappa shape index (κ1) is 19.2. The Morgan fingerprint density at radius 1 is 1.24 bits per heavy atom. The second-order valence-corrected chi connectivity index (χ2v) is 5.27. The third kappa shape index (κ3) is 7.56. The maximum absolute atomic E-state index is 11.2. The quantitative estimate of drug-likeness (QED) is 0.282. The fraction of sp³-hybridized carbons (Fsp3) is 0.857. The third-order valence-corrected chi connectivity index (χ3v) is 3.33. The van der Waals surface area contributed by atoms with Gasteiger partial charge in [0.2, 0.25) is 0 Å². The van der Waals surface area contributed by atoms with Gasteiger partial charge >= 0.3 is 11.9 Å². The molecule has 0 rings (SSSR count). The predicted octanol–water partition coefficient (Wildman–Crippen LogP) is 3.23. The lowest BCUT2D eigenvalue weighted by molar-refractivity contribution is -0.150. The molecule has 0 radical (unpaired) electrons. The van der Waals surface area contributed by atoms with Gasteiger partial charge in [0.15, 0.2) is 0 Å². The van der Waals surface area contributed by atoms with E-state index in [0.29, 0.717) is 6.42 Å². The van der Waals surface area contributed by atoms with Crippen LogP contribution in [0.3, 0.4) is 0 Å². The van der Waals surface area contributed by atoms with E-state index in [1.807, 2.05) is 20.8 Å². The molecule has 0 saturated heterocycles. The van der Waals surface area contributed by atoms with E-state index in [1.165, 1.54) is 13.8 Å². The van der Waals surface area contributed by atoms with Gasteiger partial charge in [-0.1, -0.05) is 32.3 Å². The van der Waals surface area contributed by atoms with E-state index in [4.69, 9.17) is 15.0 Å². The topological polar surface area (TPSA) is 101 Å². The molecular formula is C14H25N3O4. The molecule has 0 aliphatic heterocycles. The Labute approximate surface area is 125 Å². The highest BCUT2D eigenvalue weighted by Gasteiger charge is 2.31. The highest BCUT2D eigenvalue weighted by atomic mass is 16.5. The number of carbonyl (C=O) groups excluding carboxylic acids is 2. The first-order chi connectivity index (χ1) is 9.83.